The largest absolute Gasteiger partial charge is 0.486 e. The van der Waals surface area contributed by atoms with Crippen LogP contribution >= 0.6 is 0 Å². The number of hydrogen-bond donors (Lipinski definition) is 0. The van der Waals surface area contributed by atoms with Gasteiger partial charge >= 0.3 is 5.97 Å². The number of hydrogen-bond acceptors (Lipinski definition) is 5. The van der Waals surface area contributed by atoms with Gasteiger partial charge in [0.25, 0.3) is 0 Å². The van der Waals surface area contributed by atoms with Crippen molar-refractivity contribution in [2.24, 2.45) is 0 Å². The highest BCUT2D eigenvalue weighted by Gasteiger charge is 2.65. The van der Waals surface area contributed by atoms with E-state index in [0.29, 0.717) is 28.0 Å². The van der Waals surface area contributed by atoms with Crippen molar-refractivity contribution in [1.82, 2.24) is 0 Å². The zero-order valence-corrected chi connectivity index (χ0v) is 19.1. The minimum absolute atomic E-state index is 0.184. The van der Waals surface area contributed by atoms with Crippen LogP contribution in [0.5, 0.6) is 0 Å². The van der Waals surface area contributed by atoms with E-state index in [1.807, 2.05) is 25.1 Å². The summed E-state index contributed by atoms with van der Waals surface area (Å²) >= 11 is 0. The average Bonchev–Trinajstić information content (AvgIpc) is 3.34. The number of fused-ring (bicyclic) bond motifs is 1. The first-order valence-electron chi connectivity index (χ1n) is 10.8. The Kier molecular flexibility index (Phi) is 4.79. The maximum absolute atomic E-state index is 14.1. The van der Waals surface area contributed by atoms with Crippen molar-refractivity contribution in [3.63, 3.8) is 0 Å². The van der Waals surface area contributed by atoms with Crippen molar-refractivity contribution >= 4 is 5.97 Å². The van der Waals surface area contributed by atoms with E-state index in [2.05, 4.69) is 0 Å². The highest BCUT2D eigenvalue weighted by molar-refractivity contribution is 6.02. The molecule has 1 atom stereocenters. The van der Waals surface area contributed by atoms with Gasteiger partial charge in [-0.2, -0.15) is 10.5 Å². The monoisotopic (exact) mass is 468 g/mol. The minimum Gasteiger partial charge on any atom is -0.486 e. The van der Waals surface area contributed by atoms with E-state index in [0.717, 1.165) is 0 Å². The van der Waals surface area contributed by atoms with Gasteiger partial charge in [0.1, 0.15) is 29.4 Å². The maximum atomic E-state index is 14.1. The predicted molar refractivity (Wildman–Crippen MR) is 121 cm³/mol. The number of esters is 1. The predicted octanol–water partition coefficient (Wildman–Crippen LogP) is 5.43. The smallest absolute Gasteiger partial charge is 0.344 e. The number of carbonyl (C=O) groups excluding carboxylic acids is 1. The molecule has 2 aromatic carbocycles. The van der Waals surface area contributed by atoms with Crippen LogP contribution in [-0.4, -0.2) is 11.6 Å². The Bertz CT molecular complexity index is 1450. The summed E-state index contributed by atoms with van der Waals surface area (Å²) in [7, 11) is 0. The van der Waals surface area contributed by atoms with Gasteiger partial charge in [0.15, 0.2) is 11.3 Å². The van der Waals surface area contributed by atoms with Crippen LogP contribution in [0.1, 0.15) is 31.9 Å². The molecule has 0 bridgehead atoms. The van der Waals surface area contributed by atoms with Crippen molar-refractivity contribution in [1.29, 1.82) is 10.5 Å². The summed E-state index contributed by atoms with van der Waals surface area (Å²) < 4.78 is 40.2. The summed E-state index contributed by atoms with van der Waals surface area (Å²) in [6, 6.07) is 15.0. The van der Waals surface area contributed by atoms with Crippen molar-refractivity contribution in [3.8, 4) is 12.1 Å². The van der Waals surface area contributed by atoms with Crippen LogP contribution in [0.15, 0.2) is 94.0 Å². The normalized spacial score (nSPS) is 22.0. The van der Waals surface area contributed by atoms with Crippen LogP contribution in [0.4, 0.5) is 8.78 Å². The van der Waals surface area contributed by atoms with E-state index in [9.17, 15) is 24.1 Å². The first kappa shape index (κ1) is 22.3. The summed E-state index contributed by atoms with van der Waals surface area (Å²) in [6.45, 7) is 5.36. The molecule has 0 saturated carbocycles. The van der Waals surface area contributed by atoms with Gasteiger partial charge < -0.3 is 9.47 Å². The van der Waals surface area contributed by atoms with Crippen LogP contribution in [0.2, 0.25) is 0 Å². The van der Waals surface area contributed by atoms with Gasteiger partial charge in [-0.25, -0.2) is 13.6 Å². The fourth-order valence-corrected chi connectivity index (χ4v) is 5.68. The van der Waals surface area contributed by atoms with Gasteiger partial charge in [-0.3, -0.25) is 0 Å². The Hall–Kier alpha value is -4.49. The third-order valence-corrected chi connectivity index (χ3v) is 6.98. The summed E-state index contributed by atoms with van der Waals surface area (Å²) in [4.78, 5) is 13.2. The summed E-state index contributed by atoms with van der Waals surface area (Å²) in [6.07, 6.45) is 1.82. The Morgan fingerprint density at radius 3 is 1.91 bits per heavy atom. The van der Waals surface area contributed by atoms with Gasteiger partial charge in [-0.1, -0.05) is 24.3 Å². The average molecular weight is 468 g/mol. The zero-order valence-electron chi connectivity index (χ0n) is 19.1. The molecule has 35 heavy (non-hydrogen) atoms. The highest BCUT2D eigenvalue weighted by atomic mass is 19.1. The van der Waals surface area contributed by atoms with Crippen LogP contribution in [-0.2, 0) is 19.7 Å². The molecule has 3 aliphatic rings. The summed E-state index contributed by atoms with van der Waals surface area (Å²) in [5.74, 6) is -1.27. The highest BCUT2D eigenvalue weighted by Crippen LogP contribution is 2.63. The van der Waals surface area contributed by atoms with Gasteiger partial charge in [-0.15, -0.1) is 0 Å². The quantitative estimate of drug-likeness (QED) is 0.434. The van der Waals surface area contributed by atoms with Gasteiger partial charge in [0, 0.05) is 11.1 Å². The van der Waals surface area contributed by atoms with Crippen LogP contribution in [0, 0.1) is 34.3 Å². The molecule has 1 unspecified atom stereocenters. The molecule has 2 heterocycles. The third-order valence-electron chi connectivity index (χ3n) is 6.98. The number of ether oxygens (including phenoxy) is 2. The Morgan fingerprint density at radius 1 is 0.914 bits per heavy atom. The van der Waals surface area contributed by atoms with E-state index in [-0.39, 0.29) is 22.5 Å². The standard InChI is InChI=1S/C28H18F2N2O3/c1-15-12-22-16(2)23-24(25(34-26(23)33)17(13-31)14-32)28(27(22,3)35-15,18-4-8-20(29)9-5-18)19-6-10-21(30)11-7-19/h4-12H,1-3H3. The van der Waals surface area contributed by atoms with Crippen molar-refractivity contribution in [2.75, 3.05) is 0 Å². The lowest BCUT2D eigenvalue weighted by atomic mass is 9.53. The second-order valence-corrected chi connectivity index (χ2v) is 8.76. The molecular weight excluding hydrogens is 450 g/mol. The molecule has 5 rings (SSSR count). The molecular formula is C28H18F2N2O3. The number of nitriles is 2. The number of allylic oxidation sites excluding steroid dienone is 3. The van der Waals surface area contributed by atoms with E-state index in [1.54, 1.807) is 38.1 Å². The van der Waals surface area contributed by atoms with Crippen molar-refractivity contribution < 1.29 is 23.0 Å². The van der Waals surface area contributed by atoms with E-state index < -0.39 is 28.6 Å². The lowest BCUT2D eigenvalue weighted by molar-refractivity contribution is -0.133. The van der Waals surface area contributed by atoms with Gasteiger partial charge in [0.05, 0.1) is 16.7 Å². The van der Waals surface area contributed by atoms with E-state index in [1.165, 1.54) is 24.3 Å². The van der Waals surface area contributed by atoms with Crippen LogP contribution in [0.3, 0.4) is 0 Å². The number of carbonyl (C=O) groups is 1. The molecule has 0 fully saturated rings. The number of benzene rings is 2. The van der Waals surface area contributed by atoms with Gasteiger partial charge in [0.2, 0.25) is 0 Å². The number of cyclic esters (lactones) is 1. The molecule has 1 aliphatic carbocycles. The summed E-state index contributed by atoms with van der Waals surface area (Å²) in [5.41, 5.74) is -0.272. The van der Waals surface area contributed by atoms with E-state index >= 15 is 0 Å². The van der Waals surface area contributed by atoms with Crippen LogP contribution in [0.25, 0.3) is 0 Å². The van der Waals surface area contributed by atoms with Crippen molar-refractivity contribution in [3.05, 3.63) is 117 Å². The first-order chi connectivity index (χ1) is 16.7. The molecule has 0 radical (unpaired) electrons. The second kappa shape index (κ2) is 7.51. The lowest BCUT2D eigenvalue weighted by Crippen LogP contribution is -2.55. The SMILES string of the molecule is CC1=CC2=C(C)C3=C(C(=C(C#N)C#N)OC3=O)C(c3ccc(F)cc3)(c3ccc(F)cc3)C2(C)O1. The number of halogens is 2. The summed E-state index contributed by atoms with van der Waals surface area (Å²) in [5, 5.41) is 19.4. The minimum atomic E-state index is -1.41. The maximum Gasteiger partial charge on any atom is 0.344 e. The molecule has 0 amide bonds. The molecule has 5 nitrogen and oxygen atoms in total. The Labute approximate surface area is 200 Å². The Balaban J connectivity index is 2.05. The van der Waals surface area contributed by atoms with Crippen LogP contribution < -0.4 is 0 Å². The number of rotatable bonds is 2. The first-order valence-corrected chi connectivity index (χ1v) is 10.8. The third kappa shape index (κ3) is 2.79. The molecule has 172 valence electrons. The fraction of sp³-hybridized carbons (Fsp3) is 0.179. The molecule has 0 spiro atoms. The van der Waals surface area contributed by atoms with Crippen molar-refractivity contribution in [2.45, 2.75) is 31.8 Å². The lowest BCUT2D eigenvalue weighted by Gasteiger charge is -2.51. The van der Waals surface area contributed by atoms with E-state index in [4.69, 9.17) is 9.47 Å². The number of nitrogens with zero attached hydrogens (tertiary/aromatic N) is 2. The zero-order chi connectivity index (χ0) is 25.1. The molecule has 7 heteroatoms. The molecule has 0 N–H and O–H groups in total. The molecule has 2 aromatic rings. The molecule has 0 aromatic heterocycles. The molecule has 0 saturated heterocycles. The molecule has 2 aliphatic heterocycles. The Morgan fingerprint density at radius 2 is 1.43 bits per heavy atom. The topological polar surface area (TPSA) is 83.1 Å². The second-order valence-electron chi connectivity index (χ2n) is 8.76. The fourth-order valence-electron chi connectivity index (χ4n) is 5.68. The van der Waals surface area contributed by atoms with Gasteiger partial charge in [-0.05, 0) is 67.8 Å².